The second-order valence-electron chi connectivity index (χ2n) is 6.21. The number of thioether (sulfide) groups is 1. The third-order valence-electron chi connectivity index (χ3n) is 4.19. The lowest BCUT2D eigenvalue weighted by atomic mass is 10.1. The predicted octanol–water partition coefficient (Wildman–Crippen LogP) is 3.22. The standard InChI is InChI=1S/C18H21ClN4O4S/c1-2-26-17(25)20-14-4-3-9-23(10-14)15(24)11-28-18-22-21-16(27-18)12-5-7-13(19)8-6-12/h5-8,14H,2-4,9-11H2,1H3,(H,20,25). The van der Waals surface area contributed by atoms with Gasteiger partial charge >= 0.3 is 6.09 Å². The molecule has 1 aromatic carbocycles. The summed E-state index contributed by atoms with van der Waals surface area (Å²) in [7, 11) is 0. The van der Waals surface area contributed by atoms with Crippen molar-refractivity contribution >= 4 is 35.4 Å². The van der Waals surface area contributed by atoms with E-state index in [0.717, 1.165) is 18.4 Å². The molecule has 2 aromatic rings. The Morgan fingerprint density at radius 2 is 2.14 bits per heavy atom. The highest BCUT2D eigenvalue weighted by atomic mass is 35.5. The molecule has 28 heavy (non-hydrogen) atoms. The van der Waals surface area contributed by atoms with Gasteiger partial charge in [0.15, 0.2) is 0 Å². The molecule has 10 heteroatoms. The lowest BCUT2D eigenvalue weighted by Crippen LogP contribution is -2.50. The molecule has 1 saturated heterocycles. The zero-order chi connectivity index (χ0) is 19.9. The second kappa shape index (κ2) is 9.79. The molecule has 1 aliphatic heterocycles. The number of piperidine rings is 1. The molecule has 1 fully saturated rings. The number of nitrogens with zero attached hydrogens (tertiary/aromatic N) is 3. The minimum Gasteiger partial charge on any atom is -0.450 e. The Balaban J connectivity index is 1.50. The maximum absolute atomic E-state index is 12.5. The third-order valence-corrected chi connectivity index (χ3v) is 5.24. The summed E-state index contributed by atoms with van der Waals surface area (Å²) in [5.74, 6) is 0.531. The number of carbonyl (C=O) groups is 2. The van der Waals surface area contributed by atoms with Gasteiger partial charge in [0.25, 0.3) is 5.22 Å². The summed E-state index contributed by atoms with van der Waals surface area (Å²) in [6, 6.07) is 6.98. The van der Waals surface area contributed by atoms with Crippen LogP contribution < -0.4 is 5.32 Å². The molecule has 0 spiro atoms. The van der Waals surface area contributed by atoms with E-state index in [0.29, 0.717) is 35.8 Å². The lowest BCUT2D eigenvalue weighted by molar-refractivity contribution is -0.129. The molecule has 2 amide bonds. The third kappa shape index (κ3) is 5.62. The molecule has 0 saturated carbocycles. The van der Waals surface area contributed by atoms with Gasteiger partial charge in [0.2, 0.25) is 11.8 Å². The van der Waals surface area contributed by atoms with Crippen molar-refractivity contribution in [2.45, 2.75) is 31.0 Å². The predicted molar refractivity (Wildman–Crippen MR) is 105 cm³/mol. The highest BCUT2D eigenvalue weighted by Gasteiger charge is 2.25. The van der Waals surface area contributed by atoms with Crippen molar-refractivity contribution in [3.8, 4) is 11.5 Å². The van der Waals surface area contributed by atoms with E-state index < -0.39 is 6.09 Å². The van der Waals surface area contributed by atoms with Crippen molar-refractivity contribution in [1.29, 1.82) is 0 Å². The average Bonchev–Trinajstić information content (AvgIpc) is 3.16. The highest BCUT2D eigenvalue weighted by Crippen LogP contribution is 2.24. The number of hydrogen-bond acceptors (Lipinski definition) is 7. The molecule has 0 bridgehead atoms. The summed E-state index contributed by atoms with van der Waals surface area (Å²) in [6.07, 6.45) is 1.20. The van der Waals surface area contributed by atoms with Gasteiger partial charge in [-0.25, -0.2) is 4.79 Å². The molecule has 2 heterocycles. The lowest BCUT2D eigenvalue weighted by Gasteiger charge is -2.32. The molecule has 0 aliphatic carbocycles. The smallest absolute Gasteiger partial charge is 0.407 e. The van der Waals surface area contributed by atoms with Crippen LogP contribution in [0.15, 0.2) is 33.9 Å². The maximum atomic E-state index is 12.5. The quantitative estimate of drug-likeness (QED) is 0.711. The molecule has 1 unspecified atom stereocenters. The van der Waals surface area contributed by atoms with Crippen molar-refractivity contribution < 1.29 is 18.7 Å². The van der Waals surface area contributed by atoms with Gasteiger partial charge in [-0.3, -0.25) is 4.79 Å². The number of hydrogen-bond donors (Lipinski definition) is 1. The Kier molecular flexibility index (Phi) is 7.16. The Hall–Kier alpha value is -2.26. The van der Waals surface area contributed by atoms with Crippen LogP contribution in [0.5, 0.6) is 0 Å². The van der Waals surface area contributed by atoms with Gasteiger partial charge in [0.1, 0.15) is 0 Å². The van der Waals surface area contributed by atoms with E-state index in [4.69, 9.17) is 20.8 Å². The minimum absolute atomic E-state index is 0.0356. The van der Waals surface area contributed by atoms with E-state index >= 15 is 0 Å². The number of benzene rings is 1. The monoisotopic (exact) mass is 424 g/mol. The average molecular weight is 425 g/mol. The maximum Gasteiger partial charge on any atom is 0.407 e. The summed E-state index contributed by atoms with van der Waals surface area (Å²) in [4.78, 5) is 25.8. The molecular weight excluding hydrogens is 404 g/mol. The summed E-state index contributed by atoms with van der Waals surface area (Å²) in [5.41, 5.74) is 0.763. The van der Waals surface area contributed by atoms with Crippen molar-refractivity contribution in [1.82, 2.24) is 20.4 Å². The number of ether oxygens (including phenoxy) is 1. The fourth-order valence-electron chi connectivity index (χ4n) is 2.85. The van der Waals surface area contributed by atoms with Crippen LogP contribution in [-0.4, -0.2) is 58.6 Å². The van der Waals surface area contributed by atoms with Gasteiger partial charge in [-0.05, 0) is 44.0 Å². The van der Waals surface area contributed by atoms with Crippen molar-refractivity contribution in [2.24, 2.45) is 0 Å². The second-order valence-corrected chi connectivity index (χ2v) is 7.58. The normalized spacial score (nSPS) is 16.6. The molecule has 3 rings (SSSR count). The molecule has 1 aromatic heterocycles. The van der Waals surface area contributed by atoms with Crippen LogP contribution in [0.25, 0.3) is 11.5 Å². The van der Waals surface area contributed by atoms with Crippen LogP contribution >= 0.6 is 23.4 Å². The summed E-state index contributed by atoms with van der Waals surface area (Å²) < 4.78 is 10.5. The van der Waals surface area contributed by atoms with Crippen molar-refractivity contribution in [2.75, 3.05) is 25.4 Å². The van der Waals surface area contributed by atoms with Crippen LogP contribution in [0, 0.1) is 0 Å². The Bertz CT molecular complexity index is 814. The topological polar surface area (TPSA) is 97.6 Å². The first-order valence-corrected chi connectivity index (χ1v) is 10.3. The number of amides is 2. The van der Waals surface area contributed by atoms with E-state index in [1.54, 1.807) is 36.1 Å². The number of carbonyl (C=O) groups excluding carboxylic acids is 2. The van der Waals surface area contributed by atoms with Gasteiger partial charge < -0.3 is 19.4 Å². The van der Waals surface area contributed by atoms with Crippen LogP contribution in [-0.2, 0) is 9.53 Å². The Morgan fingerprint density at radius 3 is 2.89 bits per heavy atom. The molecule has 1 aliphatic rings. The van der Waals surface area contributed by atoms with Gasteiger partial charge in [0.05, 0.1) is 12.4 Å². The SMILES string of the molecule is CCOC(=O)NC1CCCN(C(=O)CSc2nnc(-c3ccc(Cl)cc3)o2)C1. The van der Waals surface area contributed by atoms with Crippen LogP contribution in [0.1, 0.15) is 19.8 Å². The molecular formula is C18H21ClN4O4S. The van der Waals surface area contributed by atoms with E-state index in [2.05, 4.69) is 15.5 Å². The summed E-state index contributed by atoms with van der Waals surface area (Å²) in [6.45, 7) is 3.21. The van der Waals surface area contributed by atoms with Gasteiger partial charge in [-0.2, -0.15) is 0 Å². The molecule has 8 nitrogen and oxygen atoms in total. The molecule has 1 N–H and O–H groups in total. The molecule has 0 radical (unpaired) electrons. The van der Waals surface area contributed by atoms with E-state index in [1.165, 1.54) is 11.8 Å². The number of alkyl carbamates (subject to hydrolysis) is 1. The minimum atomic E-state index is -0.447. The Morgan fingerprint density at radius 1 is 1.36 bits per heavy atom. The summed E-state index contributed by atoms with van der Waals surface area (Å²) in [5, 5.41) is 11.7. The van der Waals surface area contributed by atoms with Gasteiger partial charge in [-0.1, -0.05) is 23.4 Å². The van der Waals surface area contributed by atoms with Gasteiger partial charge in [-0.15, -0.1) is 10.2 Å². The number of halogens is 1. The Labute approximate surface area is 172 Å². The van der Waals surface area contributed by atoms with Crippen LogP contribution in [0.3, 0.4) is 0 Å². The number of aromatic nitrogens is 2. The van der Waals surface area contributed by atoms with Crippen molar-refractivity contribution in [3.63, 3.8) is 0 Å². The zero-order valence-electron chi connectivity index (χ0n) is 15.4. The molecule has 150 valence electrons. The zero-order valence-corrected chi connectivity index (χ0v) is 17.0. The highest BCUT2D eigenvalue weighted by molar-refractivity contribution is 7.99. The van der Waals surface area contributed by atoms with E-state index in [1.807, 2.05) is 0 Å². The largest absolute Gasteiger partial charge is 0.450 e. The fourth-order valence-corrected chi connectivity index (χ4v) is 3.64. The number of nitrogens with one attached hydrogen (secondary N) is 1. The van der Waals surface area contributed by atoms with Gasteiger partial charge in [0, 0.05) is 29.7 Å². The summed E-state index contributed by atoms with van der Waals surface area (Å²) >= 11 is 7.07. The molecule has 1 atom stereocenters. The van der Waals surface area contributed by atoms with Crippen LogP contribution in [0.4, 0.5) is 4.79 Å². The number of likely N-dealkylation sites (tertiary alicyclic amines) is 1. The van der Waals surface area contributed by atoms with Crippen molar-refractivity contribution in [3.05, 3.63) is 29.3 Å². The first-order chi connectivity index (χ1) is 13.5. The first-order valence-electron chi connectivity index (χ1n) is 8.98. The fraction of sp³-hybridized carbons (Fsp3) is 0.444. The number of rotatable bonds is 6. The van der Waals surface area contributed by atoms with E-state index in [9.17, 15) is 9.59 Å². The first kappa shape index (κ1) is 20.5. The van der Waals surface area contributed by atoms with Crippen LogP contribution in [0.2, 0.25) is 5.02 Å². The van der Waals surface area contributed by atoms with E-state index in [-0.39, 0.29) is 17.7 Å².